The first-order chi connectivity index (χ1) is 15.9. The molecule has 0 spiro atoms. The Kier molecular flexibility index (Phi) is 6.41. The van der Waals surface area contributed by atoms with Crippen LogP contribution in [0.15, 0.2) is 62.2 Å². The van der Waals surface area contributed by atoms with E-state index in [0.717, 1.165) is 4.47 Å². The van der Waals surface area contributed by atoms with Gasteiger partial charge in [-0.3, -0.25) is 0 Å². The second-order valence-corrected chi connectivity index (χ2v) is 7.75. The van der Waals surface area contributed by atoms with E-state index in [9.17, 15) is 9.59 Å². The van der Waals surface area contributed by atoms with Crippen LogP contribution >= 0.6 is 15.9 Å². The van der Waals surface area contributed by atoms with Gasteiger partial charge in [-0.1, -0.05) is 22.0 Å². The average Bonchev–Trinajstić information content (AvgIpc) is 2.81. The highest BCUT2D eigenvalue weighted by molar-refractivity contribution is 9.10. The molecule has 0 aliphatic rings. The van der Waals surface area contributed by atoms with Crippen LogP contribution in [0.3, 0.4) is 0 Å². The largest absolute Gasteiger partial charge is 0.493 e. The van der Waals surface area contributed by atoms with Crippen molar-refractivity contribution in [1.29, 1.82) is 0 Å². The molecule has 3 aromatic carbocycles. The second kappa shape index (κ2) is 9.41. The normalized spacial score (nSPS) is 10.8. The zero-order valence-electron chi connectivity index (χ0n) is 18.0. The number of carbonyl (C=O) groups excluding carboxylic acids is 1. The summed E-state index contributed by atoms with van der Waals surface area (Å²) >= 11 is 3.34. The van der Waals surface area contributed by atoms with Gasteiger partial charge in [0.15, 0.2) is 18.1 Å². The fourth-order valence-corrected chi connectivity index (χ4v) is 3.83. The first-order valence-electron chi connectivity index (χ1n) is 9.73. The van der Waals surface area contributed by atoms with E-state index in [1.54, 1.807) is 30.3 Å². The minimum atomic E-state index is -0.610. The standard InChI is InChI=1S/C24H19BrO8/c1-28-19-11-17-21(23(30-3)22(19)29-2)16-8-7-15(10-18(16)33-24(17)27)32-20(26)12-31-14-6-4-5-13(25)9-14/h4-11H,12H2,1-3H3. The average molecular weight is 515 g/mol. The van der Waals surface area contributed by atoms with Gasteiger partial charge in [0.2, 0.25) is 5.75 Å². The molecule has 0 N–H and O–H groups in total. The molecule has 4 rings (SSSR count). The summed E-state index contributed by atoms with van der Waals surface area (Å²) in [6, 6.07) is 13.4. The molecular weight excluding hydrogens is 496 g/mol. The van der Waals surface area contributed by atoms with Crippen molar-refractivity contribution in [2.24, 2.45) is 0 Å². The number of rotatable bonds is 7. The maximum absolute atomic E-state index is 12.7. The summed E-state index contributed by atoms with van der Waals surface area (Å²) in [4.78, 5) is 24.9. The third-order valence-electron chi connectivity index (χ3n) is 4.86. The van der Waals surface area contributed by atoms with Gasteiger partial charge in [-0.25, -0.2) is 9.59 Å². The SMILES string of the molecule is COc1cc2c(=O)oc3cc(OC(=O)COc4cccc(Br)c4)ccc3c2c(OC)c1OC. The number of benzene rings is 3. The summed E-state index contributed by atoms with van der Waals surface area (Å²) in [5, 5.41) is 1.34. The van der Waals surface area contributed by atoms with Crippen LogP contribution in [-0.4, -0.2) is 33.9 Å². The van der Waals surface area contributed by atoms with Crippen LogP contribution < -0.4 is 29.3 Å². The van der Waals surface area contributed by atoms with Crippen LogP contribution in [0.25, 0.3) is 21.7 Å². The van der Waals surface area contributed by atoms with Crippen LogP contribution in [0.4, 0.5) is 0 Å². The third kappa shape index (κ3) is 4.45. The molecule has 0 saturated carbocycles. The molecule has 9 heteroatoms. The van der Waals surface area contributed by atoms with E-state index >= 15 is 0 Å². The topological polar surface area (TPSA) is 93.4 Å². The minimum absolute atomic E-state index is 0.201. The second-order valence-electron chi connectivity index (χ2n) is 6.84. The Morgan fingerprint density at radius 1 is 0.909 bits per heavy atom. The highest BCUT2D eigenvalue weighted by atomic mass is 79.9. The zero-order valence-corrected chi connectivity index (χ0v) is 19.6. The minimum Gasteiger partial charge on any atom is -0.493 e. The van der Waals surface area contributed by atoms with Gasteiger partial charge in [0.25, 0.3) is 0 Å². The van der Waals surface area contributed by atoms with Gasteiger partial charge in [0.1, 0.15) is 17.1 Å². The molecule has 0 fully saturated rings. The van der Waals surface area contributed by atoms with Crippen molar-refractivity contribution in [2.75, 3.05) is 27.9 Å². The molecule has 1 heterocycles. The Hall–Kier alpha value is -3.72. The number of hydrogen-bond donors (Lipinski definition) is 0. The van der Waals surface area contributed by atoms with E-state index < -0.39 is 11.6 Å². The molecule has 0 saturated heterocycles. The van der Waals surface area contributed by atoms with Gasteiger partial charge in [-0.05, 0) is 36.4 Å². The smallest absolute Gasteiger partial charge is 0.349 e. The number of halogens is 1. The van der Waals surface area contributed by atoms with Gasteiger partial charge in [-0.15, -0.1) is 0 Å². The Morgan fingerprint density at radius 2 is 1.70 bits per heavy atom. The van der Waals surface area contributed by atoms with Crippen molar-refractivity contribution in [3.63, 3.8) is 0 Å². The highest BCUT2D eigenvalue weighted by Crippen LogP contribution is 2.45. The predicted octanol–water partition coefficient (Wildman–Crippen LogP) is 4.72. The number of hydrogen-bond acceptors (Lipinski definition) is 8. The molecule has 0 radical (unpaired) electrons. The van der Waals surface area contributed by atoms with Crippen LogP contribution in [0.5, 0.6) is 28.7 Å². The van der Waals surface area contributed by atoms with Crippen molar-refractivity contribution in [3.8, 4) is 28.7 Å². The van der Waals surface area contributed by atoms with Gasteiger partial charge in [0.05, 0.1) is 26.7 Å². The van der Waals surface area contributed by atoms with Gasteiger partial charge >= 0.3 is 11.6 Å². The number of methoxy groups -OCH3 is 3. The lowest BCUT2D eigenvalue weighted by Gasteiger charge is -2.15. The van der Waals surface area contributed by atoms with Crippen molar-refractivity contribution in [1.82, 2.24) is 0 Å². The fourth-order valence-electron chi connectivity index (χ4n) is 3.46. The molecule has 0 aliphatic carbocycles. The molecular formula is C24H19BrO8. The maximum atomic E-state index is 12.7. The first-order valence-corrected chi connectivity index (χ1v) is 10.5. The van der Waals surface area contributed by atoms with E-state index in [0.29, 0.717) is 33.8 Å². The van der Waals surface area contributed by atoms with E-state index in [-0.39, 0.29) is 23.3 Å². The number of esters is 1. The monoisotopic (exact) mass is 514 g/mol. The Balaban J connectivity index is 1.68. The fraction of sp³-hybridized carbons (Fsp3) is 0.167. The van der Waals surface area contributed by atoms with Crippen LogP contribution in [-0.2, 0) is 4.79 Å². The van der Waals surface area contributed by atoms with Crippen LogP contribution in [0.1, 0.15) is 0 Å². The molecule has 1 aromatic heterocycles. The summed E-state index contributed by atoms with van der Waals surface area (Å²) in [5.74, 6) is 1.13. The summed E-state index contributed by atoms with van der Waals surface area (Å²) in [6.45, 7) is -0.291. The number of carbonyl (C=O) groups is 1. The molecule has 4 aromatic rings. The van der Waals surface area contributed by atoms with E-state index in [1.165, 1.54) is 33.5 Å². The summed E-state index contributed by atoms with van der Waals surface area (Å²) in [5.41, 5.74) is -0.380. The molecule has 8 nitrogen and oxygen atoms in total. The Labute approximate surface area is 196 Å². The van der Waals surface area contributed by atoms with E-state index in [2.05, 4.69) is 15.9 Å². The molecule has 33 heavy (non-hydrogen) atoms. The third-order valence-corrected chi connectivity index (χ3v) is 5.35. The Bertz CT molecular complexity index is 1410. The van der Waals surface area contributed by atoms with Crippen molar-refractivity contribution in [3.05, 3.63) is 63.4 Å². The lowest BCUT2D eigenvalue weighted by Crippen LogP contribution is -2.17. The van der Waals surface area contributed by atoms with Gasteiger partial charge in [-0.2, -0.15) is 0 Å². The van der Waals surface area contributed by atoms with Gasteiger partial charge < -0.3 is 28.1 Å². The number of ether oxygens (including phenoxy) is 5. The first kappa shape index (κ1) is 22.5. The van der Waals surface area contributed by atoms with Gasteiger partial charge in [0, 0.05) is 21.3 Å². The van der Waals surface area contributed by atoms with Crippen molar-refractivity contribution >= 4 is 43.6 Å². The molecule has 0 unspecified atom stereocenters. The van der Waals surface area contributed by atoms with Crippen molar-refractivity contribution in [2.45, 2.75) is 0 Å². The summed E-state index contributed by atoms with van der Waals surface area (Å²) in [7, 11) is 4.42. The summed E-state index contributed by atoms with van der Waals surface area (Å²) < 4.78 is 33.4. The van der Waals surface area contributed by atoms with Crippen molar-refractivity contribution < 1.29 is 32.9 Å². The lowest BCUT2D eigenvalue weighted by molar-refractivity contribution is -0.136. The molecule has 0 amide bonds. The highest BCUT2D eigenvalue weighted by Gasteiger charge is 2.21. The molecule has 0 aliphatic heterocycles. The van der Waals surface area contributed by atoms with Crippen LogP contribution in [0, 0.1) is 0 Å². The van der Waals surface area contributed by atoms with Crippen LogP contribution in [0.2, 0.25) is 0 Å². The Morgan fingerprint density at radius 3 is 2.39 bits per heavy atom. The molecule has 0 bridgehead atoms. The quantitative estimate of drug-likeness (QED) is 0.151. The predicted molar refractivity (Wildman–Crippen MR) is 125 cm³/mol. The maximum Gasteiger partial charge on any atom is 0.349 e. The molecule has 170 valence electrons. The van der Waals surface area contributed by atoms with E-state index in [4.69, 9.17) is 28.1 Å². The lowest BCUT2D eigenvalue weighted by atomic mass is 10.0. The van der Waals surface area contributed by atoms with E-state index in [1.807, 2.05) is 6.07 Å². The molecule has 0 atom stereocenters. The summed E-state index contributed by atoms with van der Waals surface area (Å²) in [6.07, 6.45) is 0. The number of fused-ring (bicyclic) bond motifs is 3. The zero-order chi connectivity index (χ0) is 23.5.